The minimum Gasteiger partial charge on any atom is -0.493 e. The first kappa shape index (κ1) is 17.5. The molecule has 130 valence electrons. The van der Waals surface area contributed by atoms with Crippen LogP contribution in [0.3, 0.4) is 0 Å². The summed E-state index contributed by atoms with van der Waals surface area (Å²) in [6.45, 7) is 1.52. The lowest BCUT2D eigenvalue weighted by molar-refractivity contribution is 0.354. The molecule has 0 unspecified atom stereocenters. The van der Waals surface area contributed by atoms with Gasteiger partial charge in [-0.25, -0.2) is 4.98 Å². The second-order valence-corrected chi connectivity index (χ2v) is 6.11. The van der Waals surface area contributed by atoms with Crippen molar-refractivity contribution in [1.82, 2.24) is 10.3 Å². The summed E-state index contributed by atoms with van der Waals surface area (Å²) in [6, 6.07) is 16.1. The Kier molecular flexibility index (Phi) is 5.74. The number of ether oxygens (including phenoxy) is 2. The first-order valence-corrected chi connectivity index (χ1v) is 8.55. The van der Waals surface area contributed by atoms with Gasteiger partial charge in [0.05, 0.1) is 19.7 Å². The minimum absolute atomic E-state index is 0.553. The topological polar surface area (TPSA) is 43.4 Å². The van der Waals surface area contributed by atoms with Gasteiger partial charge in [0, 0.05) is 17.5 Å². The van der Waals surface area contributed by atoms with Gasteiger partial charge in [0.2, 0.25) is 0 Å². The van der Waals surface area contributed by atoms with Gasteiger partial charge in [0.15, 0.2) is 11.5 Å². The second kappa shape index (κ2) is 8.19. The standard InChI is InChI=1S/C20H21ClN2O2/c1-24-18-8-7-14(11-19(18)25-2)9-10-22-13-16-12-15-5-3-4-6-17(15)23-20(16)21/h3-8,11-12,22H,9-10,13H2,1-2H3. The van der Waals surface area contributed by atoms with Gasteiger partial charge in [-0.3, -0.25) is 0 Å². The Labute approximate surface area is 152 Å². The molecule has 1 N–H and O–H groups in total. The quantitative estimate of drug-likeness (QED) is 0.508. The Bertz CT molecular complexity index is 867. The number of nitrogens with zero attached hydrogens (tertiary/aromatic N) is 1. The van der Waals surface area contributed by atoms with E-state index in [1.54, 1.807) is 14.2 Å². The Morgan fingerprint density at radius 1 is 1.00 bits per heavy atom. The van der Waals surface area contributed by atoms with Crippen molar-refractivity contribution in [3.63, 3.8) is 0 Å². The number of hydrogen-bond donors (Lipinski definition) is 1. The maximum atomic E-state index is 6.29. The van der Waals surface area contributed by atoms with Crippen molar-refractivity contribution in [3.05, 3.63) is 64.8 Å². The molecule has 1 heterocycles. The molecule has 2 aromatic carbocycles. The van der Waals surface area contributed by atoms with E-state index in [0.717, 1.165) is 40.9 Å². The molecule has 0 atom stereocenters. The van der Waals surface area contributed by atoms with Crippen molar-refractivity contribution in [3.8, 4) is 11.5 Å². The van der Waals surface area contributed by atoms with Crippen molar-refractivity contribution in [2.45, 2.75) is 13.0 Å². The first-order valence-electron chi connectivity index (χ1n) is 8.17. The summed E-state index contributed by atoms with van der Waals surface area (Å²) in [5, 5.41) is 5.08. The fourth-order valence-electron chi connectivity index (χ4n) is 2.75. The number of benzene rings is 2. The van der Waals surface area contributed by atoms with E-state index in [-0.39, 0.29) is 0 Å². The highest BCUT2D eigenvalue weighted by atomic mass is 35.5. The summed E-state index contributed by atoms with van der Waals surface area (Å²) in [6.07, 6.45) is 0.888. The van der Waals surface area contributed by atoms with Gasteiger partial charge in [-0.1, -0.05) is 35.9 Å². The van der Waals surface area contributed by atoms with E-state index in [2.05, 4.69) is 16.4 Å². The smallest absolute Gasteiger partial charge is 0.160 e. The monoisotopic (exact) mass is 356 g/mol. The van der Waals surface area contributed by atoms with Crippen molar-refractivity contribution in [2.24, 2.45) is 0 Å². The van der Waals surface area contributed by atoms with Crippen LogP contribution in [-0.2, 0) is 13.0 Å². The number of hydrogen-bond acceptors (Lipinski definition) is 4. The average molecular weight is 357 g/mol. The predicted octanol–water partition coefficient (Wildman–Crippen LogP) is 4.24. The summed E-state index contributed by atoms with van der Waals surface area (Å²) < 4.78 is 10.6. The summed E-state index contributed by atoms with van der Waals surface area (Å²) in [7, 11) is 3.29. The third-order valence-electron chi connectivity index (χ3n) is 4.10. The molecule has 0 radical (unpaired) electrons. The van der Waals surface area contributed by atoms with E-state index in [1.807, 2.05) is 42.5 Å². The molecule has 0 spiro atoms. The Morgan fingerprint density at radius 3 is 2.60 bits per heavy atom. The molecule has 0 aliphatic rings. The SMILES string of the molecule is COc1ccc(CCNCc2cc3ccccc3nc2Cl)cc1OC. The van der Waals surface area contributed by atoms with Crippen LogP contribution in [0.2, 0.25) is 5.15 Å². The number of aromatic nitrogens is 1. The highest BCUT2D eigenvalue weighted by Gasteiger charge is 2.06. The van der Waals surface area contributed by atoms with Crippen LogP contribution in [0.15, 0.2) is 48.5 Å². The van der Waals surface area contributed by atoms with E-state index in [9.17, 15) is 0 Å². The van der Waals surface area contributed by atoms with Crippen LogP contribution in [-0.4, -0.2) is 25.7 Å². The van der Waals surface area contributed by atoms with Crippen LogP contribution in [0.4, 0.5) is 0 Å². The summed E-state index contributed by atoms with van der Waals surface area (Å²) in [4.78, 5) is 4.45. The van der Waals surface area contributed by atoms with Gasteiger partial charge in [-0.2, -0.15) is 0 Å². The normalized spacial score (nSPS) is 10.8. The summed E-state index contributed by atoms with van der Waals surface area (Å²) in [5.41, 5.74) is 3.11. The molecule has 3 aromatic rings. The van der Waals surface area contributed by atoms with Gasteiger partial charge in [0.25, 0.3) is 0 Å². The lowest BCUT2D eigenvalue weighted by Gasteiger charge is -2.11. The maximum absolute atomic E-state index is 6.29. The first-order chi connectivity index (χ1) is 12.2. The van der Waals surface area contributed by atoms with Crippen molar-refractivity contribution in [1.29, 1.82) is 0 Å². The number of rotatable bonds is 7. The van der Waals surface area contributed by atoms with Crippen molar-refractivity contribution < 1.29 is 9.47 Å². The lowest BCUT2D eigenvalue weighted by Crippen LogP contribution is -2.17. The van der Waals surface area contributed by atoms with E-state index in [0.29, 0.717) is 11.7 Å². The van der Waals surface area contributed by atoms with Crippen molar-refractivity contribution in [2.75, 3.05) is 20.8 Å². The molecular weight excluding hydrogens is 336 g/mol. The van der Waals surface area contributed by atoms with E-state index < -0.39 is 0 Å². The molecule has 0 saturated heterocycles. The molecule has 3 rings (SSSR count). The van der Waals surface area contributed by atoms with Crippen LogP contribution in [0.25, 0.3) is 10.9 Å². The lowest BCUT2D eigenvalue weighted by atomic mass is 10.1. The Morgan fingerprint density at radius 2 is 1.80 bits per heavy atom. The number of halogens is 1. The van der Waals surface area contributed by atoms with Gasteiger partial charge < -0.3 is 14.8 Å². The fraction of sp³-hybridized carbons (Fsp3) is 0.250. The van der Waals surface area contributed by atoms with Gasteiger partial charge in [-0.15, -0.1) is 0 Å². The molecule has 5 heteroatoms. The number of methoxy groups -OCH3 is 2. The largest absolute Gasteiger partial charge is 0.493 e. The number of nitrogens with one attached hydrogen (secondary N) is 1. The van der Waals surface area contributed by atoms with E-state index in [4.69, 9.17) is 21.1 Å². The summed E-state index contributed by atoms with van der Waals surface area (Å²) in [5.74, 6) is 1.50. The molecule has 0 aliphatic heterocycles. The zero-order valence-corrected chi connectivity index (χ0v) is 15.1. The molecule has 25 heavy (non-hydrogen) atoms. The van der Waals surface area contributed by atoms with Crippen LogP contribution >= 0.6 is 11.6 Å². The van der Waals surface area contributed by atoms with E-state index >= 15 is 0 Å². The van der Waals surface area contributed by atoms with Crippen LogP contribution in [0, 0.1) is 0 Å². The molecule has 0 amide bonds. The molecule has 0 aliphatic carbocycles. The molecule has 0 bridgehead atoms. The zero-order chi connectivity index (χ0) is 17.6. The molecule has 0 saturated carbocycles. The Hall–Kier alpha value is -2.30. The third kappa shape index (κ3) is 4.21. The van der Waals surface area contributed by atoms with Crippen molar-refractivity contribution >= 4 is 22.5 Å². The zero-order valence-electron chi connectivity index (χ0n) is 14.4. The molecular formula is C20H21ClN2O2. The number of fused-ring (bicyclic) bond motifs is 1. The van der Waals surface area contributed by atoms with Gasteiger partial charge in [-0.05, 0) is 42.8 Å². The average Bonchev–Trinajstić information content (AvgIpc) is 2.65. The second-order valence-electron chi connectivity index (χ2n) is 5.75. The van der Waals surface area contributed by atoms with Gasteiger partial charge >= 0.3 is 0 Å². The van der Waals surface area contributed by atoms with Crippen LogP contribution in [0.5, 0.6) is 11.5 Å². The van der Waals surface area contributed by atoms with Crippen LogP contribution in [0.1, 0.15) is 11.1 Å². The molecule has 1 aromatic heterocycles. The highest BCUT2D eigenvalue weighted by Crippen LogP contribution is 2.27. The van der Waals surface area contributed by atoms with E-state index in [1.165, 1.54) is 5.56 Å². The maximum Gasteiger partial charge on any atom is 0.160 e. The molecule has 0 fully saturated rings. The van der Waals surface area contributed by atoms with Gasteiger partial charge in [0.1, 0.15) is 5.15 Å². The number of pyridine rings is 1. The highest BCUT2D eigenvalue weighted by molar-refractivity contribution is 6.30. The fourth-order valence-corrected chi connectivity index (χ4v) is 2.96. The molecule has 4 nitrogen and oxygen atoms in total. The number of para-hydroxylation sites is 1. The predicted molar refractivity (Wildman–Crippen MR) is 102 cm³/mol. The van der Waals surface area contributed by atoms with Crippen LogP contribution < -0.4 is 14.8 Å². The summed E-state index contributed by atoms with van der Waals surface area (Å²) >= 11 is 6.29. The minimum atomic E-state index is 0.553. The third-order valence-corrected chi connectivity index (χ3v) is 4.43. The Balaban J connectivity index is 1.59.